The largest absolute Gasteiger partial charge is 0.377 e. The Morgan fingerprint density at radius 3 is 2.69 bits per heavy atom. The number of hydrogen-bond donors (Lipinski definition) is 0. The van der Waals surface area contributed by atoms with Gasteiger partial charge in [0.25, 0.3) is 0 Å². The molecule has 13 heavy (non-hydrogen) atoms. The molecule has 1 nitrogen and oxygen atoms in total. The highest BCUT2D eigenvalue weighted by Crippen LogP contribution is 2.02. The van der Waals surface area contributed by atoms with Gasteiger partial charge in [-0.3, -0.25) is 0 Å². The Bertz CT molecular complexity index is 211. The zero-order valence-electron chi connectivity index (χ0n) is 8.03. The molecule has 0 heterocycles. The fourth-order valence-electron chi connectivity index (χ4n) is 1.07. The Morgan fingerprint density at radius 1 is 1.23 bits per heavy atom. The Kier molecular flexibility index (Phi) is 5.70. The molecule has 72 valence electrons. The normalized spacial score (nSPS) is 10.2. The van der Waals surface area contributed by atoms with Crippen molar-refractivity contribution in [1.29, 1.82) is 0 Å². The Hall–Kier alpha value is -0.470. The summed E-state index contributed by atoms with van der Waals surface area (Å²) in [6.45, 7) is 1.62. The summed E-state index contributed by atoms with van der Waals surface area (Å²) in [6, 6.07) is 10.3. The molecule has 0 saturated heterocycles. The third-order valence-corrected chi connectivity index (χ3v) is 2.45. The highest BCUT2D eigenvalue weighted by Gasteiger charge is 1.91. The zero-order valence-corrected chi connectivity index (χ0v) is 8.85. The van der Waals surface area contributed by atoms with Crippen LogP contribution >= 0.6 is 11.8 Å². The average molecular weight is 196 g/mol. The van der Waals surface area contributed by atoms with Gasteiger partial charge in [0.1, 0.15) is 0 Å². The molecule has 0 N–H and O–H groups in total. The van der Waals surface area contributed by atoms with Crippen molar-refractivity contribution < 1.29 is 4.74 Å². The van der Waals surface area contributed by atoms with Gasteiger partial charge in [0, 0.05) is 6.61 Å². The van der Waals surface area contributed by atoms with E-state index < -0.39 is 0 Å². The lowest BCUT2D eigenvalue weighted by Gasteiger charge is -2.02. The topological polar surface area (TPSA) is 9.23 Å². The van der Waals surface area contributed by atoms with Gasteiger partial charge in [0.15, 0.2) is 0 Å². The molecule has 0 aliphatic rings. The number of hydrogen-bond acceptors (Lipinski definition) is 2. The molecule has 2 heteroatoms. The maximum absolute atomic E-state index is 5.51. The predicted octanol–water partition coefficient (Wildman–Crippen LogP) is 2.96. The molecule has 0 amide bonds. The van der Waals surface area contributed by atoms with E-state index in [-0.39, 0.29) is 0 Å². The summed E-state index contributed by atoms with van der Waals surface area (Å²) in [5, 5.41) is 0. The van der Waals surface area contributed by atoms with Gasteiger partial charge in [0.05, 0.1) is 6.61 Å². The molecule has 1 aromatic rings. The monoisotopic (exact) mass is 196 g/mol. The molecular weight excluding hydrogens is 180 g/mol. The van der Waals surface area contributed by atoms with Crippen molar-refractivity contribution in [2.24, 2.45) is 0 Å². The minimum atomic E-state index is 0.745. The standard InChI is InChI=1S/C11H16OS/c1-13-9-5-8-12-10-11-6-3-2-4-7-11/h2-4,6-7H,5,8-10H2,1H3. The fraction of sp³-hybridized carbons (Fsp3) is 0.455. The van der Waals surface area contributed by atoms with Gasteiger partial charge in [-0.15, -0.1) is 0 Å². The van der Waals surface area contributed by atoms with Crippen molar-refractivity contribution in [3.05, 3.63) is 35.9 Å². The summed E-state index contributed by atoms with van der Waals surface area (Å²) in [7, 11) is 0. The van der Waals surface area contributed by atoms with Crippen molar-refractivity contribution in [3.8, 4) is 0 Å². The van der Waals surface area contributed by atoms with E-state index in [9.17, 15) is 0 Å². The van der Waals surface area contributed by atoms with Gasteiger partial charge in [-0.1, -0.05) is 30.3 Å². The number of rotatable bonds is 6. The summed E-state index contributed by atoms with van der Waals surface area (Å²) < 4.78 is 5.51. The van der Waals surface area contributed by atoms with E-state index >= 15 is 0 Å². The third kappa shape index (κ3) is 4.96. The molecule has 0 aliphatic heterocycles. The summed E-state index contributed by atoms with van der Waals surface area (Å²) in [5.74, 6) is 1.19. The molecule has 0 saturated carbocycles. The third-order valence-electron chi connectivity index (χ3n) is 1.75. The molecule has 0 radical (unpaired) electrons. The van der Waals surface area contributed by atoms with E-state index in [0.29, 0.717) is 0 Å². The molecule has 0 aliphatic carbocycles. The van der Waals surface area contributed by atoms with Gasteiger partial charge in [-0.2, -0.15) is 11.8 Å². The number of thioether (sulfide) groups is 1. The van der Waals surface area contributed by atoms with Crippen molar-refractivity contribution in [1.82, 2.24) is 0 Å². The smallest absolute Gasteiger partial charge is 0.0716 e. The Labute approximate surface area is 84.5 Å². The second-order valence-electron chi connectivity index (χ2n) is 2.88. The van der Waals surface area contributed by atoms with E-state index in [0.717, 1.165) is 19.6 Å². The average Bonchev–Trinajstić information content (AvgIpc) is 2.19. The SMILES string of the molecule is CSCCCOCc1ccccc1. The molecule has 0 unspecified atom stereocenters. The zero-order chi connectivity index (χ0) is 9.36. The van der Waals surface area contributed by atoms with E-state index in [1.807, 2.05) is 30.0 Å². The second-order valence-corrected chi connectivity index (χ2v) is 3.87. The molecule has 1 rings (SSSR count). The summed E-state index contributed by atoms with van der Waals surface area (Å²) >= 11 is 1.87. The van der Waals surface area contributed by atoms with Crippen LogP contribution in [0.5, 0.6) is 0 Å². The van der Waals surface area contributed by atoms with Gasteiger partial charge in [-0.05, 0) is 24.0 Å². The molecular formula is C11H16OS. The van der Waals surface area contributed by atoms with Crippen LogP contribution in [-0.4, -0.2) is 18.6 Å². The van der Waals surface area contributed by atoms with E-state index in [1.165, 1.54) is 11.3 Å². The molecule has 0 spiro atoms. The molecule has 0 atom stereocenters. The van der Waals surface area contributed by atoms with Crippen LogP contribution in [0.4, 0.5) is 0 Å². The van der Waals surface area contributed by atoms with Crippen LogP contribution in [0.1, 0.15) is 12.0 Å². The fourth-order valence-corrected chi connectivity index (χ4v) is 1.48. The minimum Gasteiger partial charge on any atom is -0.377 e. The van der Waals surface area contributed by atoms with E-state index in [4.69, 9.17) is 4.74 Å². The first-order valence-electron chi connectivity index (χ1n) is 4.54. The lowest BCUT2D eigenvalue weighted by molar-refractivity contribution is 0.122. The van der Waals surface area contributed by atoms with Crippen LogP contribution in [0.25, 0.3) is 0 Å². The van der Waals surface area contributed by atoms with Crippen molar-refractivity contribution in [2.75, 3.05) is 18.6 Å². The number of ether oxygens (including phenoxy) is 1. The molecule has 0 fully saturated rings. The van der Waals surface area contributed by atoms with Gasteiger partial charge in [-0.25, -0.2) is 0 Å². The quantitative estimate of drug-likeness (QED) is 0.647. The predicted molar refractivity (Wildman–Crippen MR) is 59.1 cm³/mol. The van der Waals surface area contributed by atoms with Crippen LogP contribution in [0, 0.1) is 0 Å². The van der Waals surface area contributed by atoms with Gasteiger partial charge < -0.3 is 4.74 Å². The molecule has 1 aromatic carbocycles. The first kappa shape index (κ1) is 10.6. The molecule has 0 aromatic heterocycles. The van der Waals surface area contributed by atoms with Crippen molar-refractivity contribution in [3.63, 3.8) is 0 Å². The highest BCUT2D eigenvalue weighted by atomic mass is 32.2. The van der Waals surface area contributed by atoms with E-state index in [2.05, 4.69) is 18.4 Å². The highest BCUT2D eigenvalue weighted by molar-refractivity contribution is 7.98. The van der Waals surface area contributed by atoms with Crippen molar-refractivity contribution in [2.45, 2.75) is 13.0 Å². The summed E-state index contributed by atoms with van der Waals surface area (Å²) in [4.78, 5) is 0. The first-order chi connectivity index (χ1) is 6.43. The van der Waals surface area contributed by atoms with Crippen LogP contribution < -0.4 is 0 Å². The van der Waals surface area contributed by atoms with E-state index in [1.54, 1.807) is 0 Å². The first-order valence-corrected chi connectivity index (χ1v) is 5.93. The van der Waals surface area contributed by atoms with Gasteiger partial charge >= 0.3 is 0 Å². The maximum atomic E-state index is 5.51. The molecule has 0 bridgehead atoms. The summed E-state index contributed by atoms with van der Waals surface area (Å²) in [6.07, 6.45) is 3.27. The summed E-state index contributed by atoms with van der Waals surface area (Å²) in [5.41, 5.74) is 1.26. The minimum absolute atomic E-state index is 0.745. The van der Waals surface area contributed by atoms with Gasteiger partial charge in [0.2, 0.25) is 0 Å². The van der Waals surface area contributed by atoms with Crippen LogP contribution in [0.15, 0.2) is 30.3 Å². The number of benzene rings is 1. The van der Waals surface area contributed by atoms with Crippen LogP contribution in [0.2, 0.25) is 0 Å². The Morgan fingerprint density at radius 2 is 2.00 bits per heavy atom. The second kappa shape index (κ2) is 6.98. The van der Waals surface area contributed by atoms with Crippen LogP contribution in [0.3, 0.4) is 0 Å². The lowest BCUT2D eigenvalue weighted by Crippen LogP contribution is -1.96. The van der Waals surface area contributed by atoms with Crippen LogP contribution in [-0.2, 0) is 11.3 Å². The Balaban J connectivity index is 2.07. The lowest BCUT2D eigenvalue weighted by atomic mass is 10.2. The maximum Gasteiger partial charge on any atom is 0.0716 e. The van der Waals surface area contributed by atoms with Crippen molar-refractivity contribution >= 4 is 11.8 Å².